The maximum Gasteiger partial charge on any atom is 0.246 e. The van der Waals surface area contributed by atoms with Gasteiger partial charge in [-0.25, -0.2) is 18.4 Å². The lowest BCUT2D eigenvalue weighted by Gasteiger charge is -2.20. The van der Waals surface area contributed by atoms with Gasteiger partial charge in [-0.05, 0) is 20.8 Å². The van der Waals surface area contributed by atoms with Crippen molar-refractivity contribution >= 4 is 16.0 Å². The number of hydrogen-bond acceptors (Lipinski definition) is 5. The summed E-state index contributed by atoms with van der Waals surface area (Å²) in [5.74, 6) is 0.429. The van der Waals surface area contributed by atoms with E-state index in [0.717, 1.165) is 0 Å². The molecule has 17 heavy (non-hydrogen) atoms. The van der Waals surface area contributed by atoms with Crippen LogP contribution >= 0.6 is 0 Å². The lowest BCUT2D eigenvalue weighted by Crippen LogP contribution is -2.33. The fourth-order valence-electron chi connectivity index (χ4n) is 1.14. The van der Waals surface area contributed by atoms with Crippen LogP contribution in [-0.4, -0.2) is 42.3 Å². The van der Waals surface area contributed by atoms with Gasteiger partial charge in [0, 0.05) is 19.6 Å². The number of nitrogens with zero attached hydrogens (tertiary/aromatic N) is 3. The first-order valence-electron chi connectivity index (χ1n) is 5.43. The number of nitrogens with one attached hydrogen (secondary N) is 1. The van der Waals surface area contributed by atoms with E-state index in [0.29, 0.717) is 12.5 Å². The van der Waals surface area contributed by atoms with Crippen LogP contribution in [0.2, 0.25) is 0 Å². The fraction of sp³-hybridized carbons (Fsp3) is 0.600. The van der Waals surface area contributed by atoms with Gasteiger partial charge in [0.2, 0.25) is 16.0 Å². The summed E-state index contributed by atoms with van der Waals surface area (Å²) in [5, 5.41) is 2.91. The Morgan fingerprint density at radius 3 is 2.29 bits per heavy atom. The molecule has 0 unspecified atom stereocenters. The fourth-order valence-corrected chi connectivity index (χ4v) is 2.40. The molecule has 0 fully saturated rings. The second-order valence-electron chi connectivity index (χ2n) is 3.89. The Hall–Kier alpha value is -1.21. The summed E-state index contributed by atoms with van der Waals surface area (Å²) >= 11 is 0. The van der Waals surface area contributed by atoms with Gasteiger partial charge in [-0.3, -0.25) is 0 Å². The first-order valence-corrected chi connectivity index (χ1v) is 6.87. The van der Waals surface area contributed by atoms with E-state index < -0.39 is 10.0 Å². The predicted octanol–water partition coefficient (Wildman–Crippen LogP) is 0.937. The van der Waals surface area contributed by atoms with Crippen molar-refractivity contribution in [2.45, 2.75) is 31.7 Å². The maximum atomic E-state index is 12.1. The Balaban J connectivity index is 3.00. The molecule has 0 aliphatic heterocycles. The van der Waals surface area contributed by atoms with E-state index in [1.807, 2.05) is 20.8 Å². The minimum Gasteiger partial charge on any atom is -0.355 e. The highest BCUT2D eigenvalue weighted by Crippen LogP contribution is 2.15. The zero-order valence-electron chi connectivity index (χ0n) is 10.5. The van der Waals surface area contributed by atoms with Crippen molar-refractivity contribution in [1.29, 1.82) is 0 Å². The molecule has 1 aromatic rings. The molecule has 1 rings (SSSR count). The van der Waals surface area contributed by atoms with Gasteiger partial charge in [0.15, 0.2) is 0 Å². The van der Waals surface area contributed by atoms with Crippen LogP contribution in [0.4, 0.5) is 5.95 Å². The highest BCUT2D eigenvalue weighted by molar-refractivity contribution is 7.89. The van der Waals surface area contributed by atoms with E-state index in [9.17, 15) is 8.42 Å². The summed E-state index contributed by atoms with van der Waals surface area (Å²) < 4.78 is 25.4. The normalized spacial score (nSPS) is 12.1. The van der Waals surface area contributed by atoms with Crippen molar-refractivity contribution in [3.8, 4) is 0 Å². The third kappa shape index (κ3) is 3.13. The minimum atomic E-state index is -3.49. The molecular formula is C10H18N4O2S. The smallest absolute Gasteiger partial charge is 0.246 e. The molecule has 0 spiro atoms. The number of sulfonamides is 1. The molecule has 0 saturated carbocycles. The van der Waals surface area contributed by atoms with Crippen LogP contribution in [0.5, 0.6) is 0 Å². The summed E-state index contributed by atoms with van der Waals surface area (Å²) in [7, 11) is -1.95. The van der Waals surface area contributed by atoms with Gasteiger partial charge in [-0.2, -0.15) is 4.31 Å². The summed E-state index contributed by atoms with van der Waals surface area (Å²) in [4.78, 5) is 8.00. The standard InChI is InChI=1S/C10H18N4O2S/c1-5-11-10-12-6-9(7-13-10)17(15,16)14(4)8(2)3/h6-8H,5H2,1-4H3,(H,11,12,13). The van der Waals surface area contributed by atoms with Crippen molar-refractivity contribution in [3.63, 3.8) is 0 Å². The van der Waals surface area contributed by atoms with E-state index >= 15 is 0 Å². The predicted molar refractivity (Wildman–Crippen MR) is 66.3 cm³/mol. The van der Waals surface area contributed by atoms with Gasteiger partial charge in [0.25, 0.3) is 0 Å². The molecule has 0 saturated heterocycles. The van der Waals surface area contributed by atoms with E-state index in [2.05, 4.69) is 15.3 Å². The first-order chi connectivity index (χ1) is 7.89. The molecule has 1 heterocycles. The largest absolute Gasteiger partial charge is 0.355 e. The van der Waals surface area contributed by atoms with Gasteiger partial charge in [0.1, 0.15) is 4.90 Å². The molecular weight excluding hydrogens is 240 g/mol. The molecule has 0 amide bonds. The first kappa shape index (κ1) is 13.9. The molecule has 1 N–H and O–H groups in total. The molecule has 0 radical (unpaired) electrons. The Kier molecular flexibility index (Phi) is 4.41. The molecule has 0 atom stereocenters. The number of anilines is 1. The molecule has 0 aliphatic carbocycles. The lowest BCUT2D eigenvalue weighted by atomic mass is 10.4. The van der Waals surface area contributed by atoms with Crippen LogP contribution in [0.3, 0.4) is 0 Å². The zero-order chi connectivity index (χ0) is 13.1. The highest BCUT2D eigenvalue weighted by Gasteiger charge is 2.23. The van der Waals surface area contributed by atoms with Gasteiger partial charge in [-0.15, -0.1) is 0 Å². The summed E-state index contributed by atoms with van der Waals surface area (Å²) in [6, 6.07) is -0.103. The Morgan fingerprint density at radius 2 is 1.88 bits per heavy atom. The van der Waals surface area contributed by atoms with Crippen molar-refractivity contribution in [3.05, 3.63) is 12.4 Å². The van der Waals surface area contributed by atoms with E-state index in [4.69, 9.17) is 0 Å². The van der Waals surface area contributed by atoms with Crippen LogP contribution in [-0.2, 0) is 10.0 Å². The molecule has 0 aliphatic rings. The molecule has 0 aromatic carbocycles. The van der Waals surface area contributed by atoms with Crippen LogP contribution < -0.4 is 5.32 Å². The Labute approximate surface area is 102 Å². The van der Waals surface area contributed by atoms with Gasteiger partial charge >= 0.3 is 0 Å². The third-order valence-electron chi connectivity index (χ3n) is 2.37. The van der Waals surface area contributed by atoms with E-state index in [1.165, 1.54) is 23.7 Å². The number of aromatic nitrogens is 2. The second kappa shape index (κ2) is 5.42. The summed E-state index contributed by atoms with van der Waals surface area (Å²) in [6.07, 6.45) is 2.64. The Morgan fingerprint density at radius 1 is 1.35 bits per heavy atom. The average Bonchev–Trinajstić information content (AvgIpc) is 2.29. The van der Waals surface area contributed by atoms with Gasteiger partial charge in [0.05, 0.1) is 12.4 Å². The average molecular weight is 258 g/mol. The van der Waals surface area contributed by atoms with Gasteiger partial charge < -0.3 is 5.32 Å². The van der Waals surface area contributed by atoms with Crippen molar-refractivity contribution in [1.82, 2.24) is 14.3 Å². The number of hydrogen-bond donors (Lipinski definition) is 1. The monoisotopic (exact) mass is 258 g/mol. The summed E-state index contributed by atoms with van der Waals surface area (Å²) in [6.45, 7) is 6.23. The SMILES string of the molecule is CCNc1ncc(S(=O)(=O)N(C)C(C)C)cn1. The number of rotatable bonds is 5. The minimum absolute atomic E-state index is 0.103. The van der Waals surface area contributed by atoms with E-state index in [1.54, 1.807) is 0 Å². The maximum absolute atomic E-state index is 12.1. The summed E-state index contributed by atoms with van der Waals surface area (Å²) in [5.41, 5.74) is 0. The van der Waals surface area contributed by atoms with Crippen molar-refractivity contribution < 1.29 is 8.42 Å². The molecule has 1 aromatic heterocycles. The molecule has 6 nitrogen and oxygen atoms in total. The van der Waals surface area contributed by atoms with Crippen LogP contribution in [0.1, 0.15) is 20.8 Å². The van der Waals surface area contributed by atoms with Crippen molar-refractivity contribution in [2.24, 2.45) is 0 Å². The van der Waals surface area contributed by atoms with Crippen LogP contribution in [0.15, 0.2) is 17.3 Å². The second-order valence-corrected chi connectivity index (χ2v) is 5.89. The lowest BCUT2D eigenvalue weighted by molar-refractivity contribution is 0.410. The topological polar surface area (TPSA) is 75.2 Å². The van der Waals surface area contributed by atoms with Crippen molar-refractivity contribution in [2.75, 3.05) is 18.9 Å². The molecule has 7 heteroatoms. The van der Waals surface area contributed by atoms with Gasteiger partial charge in [-0.1, -0.05) is 0 Å². The molecule has 0 bridgehead atoms. The molecule has 96 valence electrons. The zero-order valence-corrected chi connectivity index (χ0v) is 11.3. The van der Waals surface area contributed by atoms with Crippen LogP contribution in [0.25, 0.3) is 0 Å². The van der Waals surface area contributed by atoms with Crippen LogP contribution in [0, 0.1) is 0 Å². The van der Waals surface area contributed by atoms with E-state index in [-0.39, 0.29) is 10.9 Å². The Bertz CT molecular complexity index is 456. The highest BCUT2D eigenvalue weighted by atomic mass is 32.2. The quantitative estimate of drug-likeness (QED) is 0.850. The third-order valence-corrected chi connectivity index (χ3v) is 4.35.